The van der Waals surface area contributed by atoms with Gasteiger partial charge in [-0.1, -0.05) is 24.3 Å². The van der Waals surface area contributed by atoms with Gasteiger partial charge in [-0.15, -0.1) is 11.6 Å². The van der Waals surface area contributed by atoms with Crippen LogP contribution in [-0.2, 0) is 17.1 Å². The Hall–Kier alpha value is -3.04. The Morgan fingerprint density at radius 3 is 2.26 bits per heavy atom. The van der Waals surface area contributed by atoms with Gasteiger partial charge in [0.25, 0.3) is 11.8 Å². The van der Waals surface area contributed by atoms with Crippen molar-refractivity contribution in [2.24, 2.45) is 0 Å². The summed E-state index contributed by atoms with van der Waals surface area (Å²) in [6.07, 6.45) is 2.03. The topological polar surface area (TPSA) is 93.4 Å². The van der Waals surface area contributed by atoms with Crippen molar-refractivity contribution in [3.05, 3.63) is 65.2 Å². The SMILES string of the molecule is CCN(C#N)C(=O)C(Cc1ccc(O)cc1)NC(=O)c1ccc(CCl)cc1. The summed E-state index contributed by atoms with van der Waals surface area (Å²) in [4.78, 5) is 26.2. The molecule has 0 aliphatic carbocycles. The van der Waals surface area contributed by atoms with E-state index in [2.05, 4.69) is 5.32 Å². The number of nitrogens with zero attached hydrogens (tertiary/aromatic N) is 2. The molecule has 7 heteroatoms. The zero-order valence-corrected chi connectivity index (χ0v) is 15.6. The predicted molar refractivity (Wildman–Crippen MR) is 102 cm³/mol. The monoisotopic (exact) mass is 385 g/mol. The van der Waals surface area contributed by atoms with Crippen molar-refractivity contribution < 1.29 is 14.7 Å². The van der Waals surface area contributed by atoms with Crippen LogP contribution in [0.15, 0.2) is 48.5 Å². The van der Waals surface area contributed by atoms with Crippen LogP contribution >= 0.6 is 11.6 Å². The first-order valence-corrected chi connectivity index (χ1v) is 8.96. The van der Waals surface area contributed by atoms with Crippen molar-refractivity contribution in [3.8, 4) is 11.9 Å². The van der Waals surface area contributed by atoms with Crippen LogP contribution in [0.4, 0.5) is 0 Å². The number of carbonyl (C=O) groups excluding carboxylic acids is 2. The first kappa shape index (κ1) is 20.3. The Balaban J connectivity index is 2.22. The molecule has 2 amide bonds. The molecule has 1 unspecified atom stereocenters. The summed E-state index contributed by atoms with van der Waals surface area (Å²) in [5.74, 6) is -0.449. The summed E-state index contributed by atoms with van der Waals surface area (Å²) in [7, 11) is 0. The van der Waals surface area contributed by atoms with Crippen LogP contribution < -0.4 is 5.32 Å². The number of nitriles is 1. The maximum Gasteiger partial charge on any atom is 0.258 e. The minimum Gasteiger partial charge on any atom is -0.508 e. The summed E-state index contributed by atoms with van der Waals surface area (Å²) in [5, 5.41) is 21.3. The number of halogens is 1. The summed E-state index contributed by atoms with van der Waals surface area (Å²) in [6, 6.07) is 12.2. The lowest BCUT2D eigenvalue weighted by Gasteiger charge is -2.22. The number of benzene rings is 2. The molecule has 0 radical (unpaired) electrons. The number of aromatic hydroxyl groups is 1. The molecule has 140 valence electrons. The van der Waals surface area contributed by atoms with E-state index in [0.29, 0.717) is 11.4 Å². The molecule has 2 rings (SSSR count). The van der Waals surface area contributed by atoms with Crippen LogP contribution in [0.3, 0.4) is 0 Å². The van der Waals surface area contributed by atoms with E-state index < -0.39 is 17.9 Å². The fourth-order valence-corrected chi connectivity index (χ4v) is 2.70. The van der Waals surface area contributed by atoms with Gasteiger partial charge in [-0.25, -0.2) is 4.90 Å². The van der Waals surface area contributed by atoms with Gasteiger partial charge in [-0.2, -0.15) is 5.26 Å². The van der Waals surface area contributed by atoms with E-state index in [9.17, 15) is 14.7 Å². The third-order valence-corrected chi connectivity index (χ3v) is 4.36. The lowest BCUT2D eigenvalue weighted by atomic mass is 10.0. The molecule has 6 nitrogen and oxygen atoms in total. The molecule has 0 heterocycles. The molecule has 27 heavy (non-hydrogen) atoms. The number of amides is 2. The summed E-state index contributed by atoms with van der Waals surface area (Å²) >= 11 is 5.75. The van der Waals surface area contributed by atoms with Crippen molar-refractivity contribution in [1.82, 2.24) is 10.2 Å². The minimum atomic E-state index is -0.908. The van der Waals surface area contributed by atoms with E-state index in [1.807, 2.05) is 6.19 Å². The smallest absolute Gasteiger partial charge is 0.258 e. The molecule has 0 fully saturated rings. The van der Waals surface area contributed by atoms with Crippen molar-refractivity contribution in [3.63, 3.8) is 0 Å². The highest BCUT2D eigenvalue weighted by Crippen LogP contribution is 2.13. The molecule has 0 aliphatic heterocycles. The van der Waals surface area contributed by atoms with Crippen LogP contribution in [0.25, 0.3) is 0 Å². The highest BCUT2D eigenvalue weighted by molar-refractivity contribution is 6.17. The van der Waals surface area contributed by atoms with Gasteiger partial charge in [0.15, 0.2) is 6.19 Å². The largest absolute Gasteiger partial charge is 0.508 e. The van der Waals surface area contributed by atoms with Crippen molar-refractivity contribution in [2.45, 2.75) is 25.3 Å². The van der Waals surface area contributed by atoms with Gasteiger partial charge in [-0.05, 0) is 42.3 Å². The lowest BCUT2D eigenvalue weighted by molar-refractivity contribution is -0.130. The number of rotatable bonds is 7. The number of nitrogens with one attached hydrogen (secondary N) is 1. The van der Waals surface area contributed by atoms with Crippen molar-refractivity contribution in [1.29, 1.82) is 5.26 Å². The number of phenols is 1. The maximum absolute atomic E-state index is 12.7. The fourth-order valence-electron chi connectivity index (χ4n) is 2.52. The molecule has 2 aromatic carbocycles. The van der Waals surface area contributed by atoms with E-state index in [-0.39, 0.29) is 18.7 Å². The van der Waals surface area contributed by atoms with E-state index in [4.69, 9.17) is 16.9 Å². The van der Waals surface area contributed by atoms with Gasteiger partial charge in [0, 0.05) is 24.4 Å². The molecular weight excluding hydrogens is 366 g/mol. The predicted octanol–water partition coefficient (Wildman–Crippen LogP) is 2.80. The van der Waals surface area contributed by atoms with E-state index in [1.165, 1.54) is 12.1 Å². The molecule has 0 spiro atoms. The number of alkyl halides is 1. The molecule has 1 atom stereocenters. The van der Waals surface area contributed by atoms with E-state index in [1.54, 1.807) is 43.3 Å². The van der Waals surface area contributed by atoms with Gasteiger partial charge < -0.3 is 10.4 Å². The highest BCUT2D eigenvalue weighted by atomic mass is 35.5. The Bertz CT molecular complexity index is 829. The zero-order chi connectivity index (χ0) is 19.8. The molecule has 0 bridgehead atoms. The summed E-state index contributed by atoms with van der Waals surface area (Å²) < 4.78 is 0. The number of carbonyl (C=O) groups is 2. The normalized spacial score (nSPS) is 11.3. The summed E-state index contributed by atoms with van der Waals surface area (Å²) in [6.45, 7) is 1.90. The molecule has 2 aromatic rings. The van der Waals surface area contributed by atoms with Gasteiger partial charge in [-0.3, -0.25) is 9.59 Å². The van der Waals surface area contributed by atoms with Crippen LogP contribution in [0, 0.1) is 11.5 Å². The Labute approximate surface area is 163 Å². The second kappa shape index (κ2) is 9.60. The Morgan fingerprint density at radius 2 is 1.74 bits per heavy atom. The fraction of sp³-hybridized carbons (Fsp3) is 0.250. The second-order valence-corrected chi connectivity index (χ2v) is 6.18. The maximum atomic E-state index is 12.7. The summed E-state index contributed by atoms with van der Waals surface area (Å²) in [5.41, 5.74) is 2.02. The van der Waals surface area contributed by atoms with Crippen molar-refractivity contribution >= 4 is 23.4 Å². The average molecular weight is 386 g/mol. The van der Waals surface area contributed by atoms with Gasteiger partial charge >= 0.3 is 0 Å². The van der Waals surface area contributed by atoms with Gasteiger partial charge in [0.2, 0.25) is 0 Å². The van der Waals surface area contributed by atoms with Crippen LogP contribution in [0.1, 0.15) is 28.4 Å². The van der Waals surface area contributed by atoms with Crippen molar-refractivity contribution in [2.75, 3.05) is 6.54 Å². The van der Waals surface area contributed by atoms with E-state index in [0.717, 1.165) is 16.0 Å². The molecule has 2 N–H and O–H groups in total. The molecule has 0 aromatic heterocycles. The minimum absolute atomic E-state index is 0.109. The molecule has 0 saturated carbocycles. The number of likely N-dealkylation sites (N-methyl/N-ethyl adjacent to an activating group) is 1. The highest BCUT2D eigenvalue weighted by Gasteiger charge is 2.26. The number of hydrogen-bond acceptors (Lipinski definition) is 4. The molecular formula is C20H20ClN3O3. The van der Waals surface area contributed by atoms with Crippen LogP contribution in [0.2, 0.25) is 0 Å². The zero-order valence-electron chi connectivity index (χ0n) is 14.9. The van der Waals surface area contributed by atoms with Gasteiger partial charge in [0.05, 0.1) is 0 Å². The third-order valence-electron chi connectivity index (χ3n) is 4.05. The molecule has 0 saturated heterocycles. The number of hydrogen-bond donors (Lipinski definition) is 2. The Kier molecular flexibility index (Phi) is 7.21. The van der Waals surface area contributed by atoms with Crippen LogP contribution in [-0.4, -0.2) is 34.4 Å². The Morgan fingerprint density at radius 1 is 1.15 bits per heavy atom. The standard InChI is InChI=1S/C20H20ClN3O3/c1-2-24(13-22)20(27)18(11-14-5-9-17(25)10-6-14)23-19(26)16-7-3-15(12-21)4-8-16/h3-10,18,25H,2,11-12H2,1H3,(H,23,26). The van der Waals surface area contributed by atoms with Crippen LogP contribution in [0.5, 0.6) is 5.75 Å². The number of phenolic OH excluding ortho intramolecular Hbond substituents is 1. The second-order valence-electron chi connectivity index (χ2n) is 5.91. The van der Waals surface area contributed by atoms with E-state index >= 15 is 0 Å². The first-order valence-electron chi connectivity index (χ1n) is 8.43. The quantitative estimate of drug-likeness (QED) is 0.435. The first-order chi connectivity index (χ1) is 13.0. The third kappa shape index (κ3) is 5.47. The lowest BCUT2D eigenvalue weighted by Crippen LogP contribution is -2.48. The average Bonchev–Trinajstić information content (AvgIpc) is 2.70. The molecule has 0 aliphatic rings. The van der Waals surface area contributed by atoms with Gasteiger partial charge in [0.1, 0.15) is 11.8 Å².